The molecule has 0 aliphatic rings. The largest absolute Gasteiger partial charge is 0.491 e. The Hall–Kier alpha value is -1.59. The molecule has 2 atom stereocenters. The molecule has 0 heterocycles. The number of esters is 1. The number of hydrogen-bond acceptors (Lipinski definition) is 5. The molecule has 0 amide bonds. The topological polar surface area (TPSA) is 81.8 Å². The third-order valence-corrected chi connectivity index (χ3v) is 2.90. The zero-order valence-electron chi connectivity index (χ0n) is 12.3. The summed E-state index contributed by atoms with van der Waals surface area (Å²) in [5.74, 6) is 0.250. The van der Waals surface area contributed by atoms with Crippen LogP contribution >= 0.6 is 0 Å². The van der Waals surface area contributed by atoms with Gasteiger partial charge in [0, 0.05) is 6.42 Å². The second-order valence-electron chi connectivity index (χ2n) is 5.07. The molecule has 1 aromatic rings. The van der Waals surface area contributed by atoms with E-state index in [0.717, 1.165) is 5.56 Å². The average molecular weight is 281 g/mol. The number of rotatable bonds is 7. The van der Waals surface area contributed by atoms with Crippen molar-refractivity contribution in [3.05, 3.63) is 29.8 Å². The van der Waals surface area contributed by atoms with Gasteiger partial charge in [0.05, 0.1) is 19.3 Å². The molecule has 0 saturated heterocycles. The summed E-state index contributed by atoms with van der Waals surface area (Å²) < 4.78 is 10.6. The van der Waals surface area contributed by atoms with Crippen LogP contribution in [0.25, 0.3) is 0 Å². The van der Waals surface area contributed by atoms with Crippen LogP contribution in [0.5, 0.6) is 5.75 Å². The molecule has 0 fully saturated rings. The fourth-order valence-electron chi connectivity index (χ4n) is 1.92. The molecule has 1 rings (SSSR count). The predicted molar refractivity (Wildman–Crippen MR) is 76.3 cm³/mol. The Morgan fingerprint density at radius 2 is 2.00 bits per heavy atom. The molecule has 112 valence electrons. The van der Waals surface area contributed by atoms with Gasteiger partial charge in [0.1, 0.15) is 11.3 Å². The van der Waals surface area contributed by atoms with E-state index in [1.54, 1.807) is 38.1 Å². The van der Waals surface area contributed by atoms with Crippen molar-refractivity contribution in [1.29, 1.82) is 0 Å². The second-order valence-corrected chi connectivity index (χ2v) is 5.07. The summed E-state index contributed by atoms with van der Waals surface area (Å²) in [4.78, 5) is 11.7. The number of aliphatic hydroxyl groups is 1. The Morgan fingerprint density at radius 3 is 2.50 bits per heavy atom. The normalized spacial score (nSPS) is 15.2. The van der Waals surface area contributed by atoms with Gasteiger partial charge in [0.2, 0.25) is 0 Å². The lowest BCUT2D eigenvalue weighted by molar-refractivity contribution is -0.149. The summed E-state index contributed by atoms with van der Waals surface area (Å²) in [5.41, 5.74) is 5.71. The minimum atomic E-state index is -1.07. The third kappa shape index (κ3) is 4.83. The van der Waals surface area contributed by atoms with Crippen LogP contribution in [-0.4, -0.2) is 29.3 Å². The van der Waals surface area contributed by atoms with Gasteiger partial charge in [-0.1, -0.05) is 12.1 Å². The molecule has 0 spiro atoms. The van der Waals surface area contributed by atoms with Crippen molar-refractivity contribution in [2.24, 2.45) is 5.73 Å². The molecule has 0 bridgehead atoms. The van der Waals surface area contributed by atoms with E-state index in [-0.39, 0.29) is 12.7 Å². The van der Waals surface area contributed by atoms with Crippen molar-refractivity contribution in [3.8, 4) is 5.75 Å². The first-order valence-electron chi connectivity index (χ1n) is 6.71. The smallest absolute Gasteiger partial charge is 0.325 e. The number of hydrogen-bond donors (Lipinski definition) is 2. The SMILES string of the molecule is CCOC(=O)C(C)(N)CC(C)Oc1ccc(CO)cc1. The third-order valence-electron chi connectivity index (χ3n) is 2.90. The predicted octanol–water partition coefficient (Wildman–Crippen LogP) is 1.62. The first kappa shape index (κ1) is 16.5. The van der Waals surface area contributed by atoms with Crippen LogP contribution in [0.15, 0.2) is 24.3 Å². The first-order chi connectivity index (χ1) is 9.39. The van der Waals surface area contributed by atoms with Crippen LogP contribution < -0.4 is 10.5 Å². The average Bonchev–Trinajstić information content (AvgIpc) is 2.39. The van der Waals surface area contributed by atoms with Gasteiger partial charge in [0.15, 0.2) is 0 Å². The van der Waals surface area contributed by atoms with E-state index in [4.69, 9.17) is 20.3 Å². The summed E-state index contributed by atoms with van der Waals surface area (Å²) in [6.07, 6.45) is 0.127. The van der Waals surface area contributed by atoms with Gasteiger partial charge in [-0.25, -0.2) is 0 Å². The van der Waals surface area contributed by atoms with Gasteiger partial charge in [-0.15, -0.1) is 0 Å². The molecular formula is C15H23NO4. The Kier molecular flexibility index (Phi) is 5.98. The minimum absolute atomic E-state index is 0.000433. The zero-order valence-corrected chi connectivity index (χ0v) is 12.3. The lowest BCUT2D eigenvalue weighted by Gasteiger charge is -2.26. The van der Waals surface area contributed by atoms with Crippen molar-refractivity contribution >= 4 is 5.97 Å². The maximum atomic E-state index is 11.7. The van der Waals surface area contributed by atoms with E-state index in [9.17, 15) is 4.79 Å². The fourth-order valence-corrected chi connectivity index (χ4v) is 1.92. The number of benzene rings is 1. The van der Waals surface area contributed by atoms with Gasteiger partial charge < -0.3 is 20.3 Å². The van der Waals surface area contributed by atoms with Crippen LogP contribution in [0, 0.1) is 0 Å². The van der Waals surface area contributed by atoms with E-state index in [2.05, 4.69) is 0 Å². The highest BCUT2D eigenvalue weighted by molar-refractivity contribution is 5.80. The molecule has 1 aromatic carbocycles. The van der Waals surface area contributed by atoms with Gasteiger partial charge in [-0.05, 0) is 38.5 Å². The van der Waals surface area contributed by atoms with Crippen molar-refractivity contribution < 1.29 is 19.4 Å². The summed E-state index contributed by atoms with van der Waals surface area (Å²) in [7, 11) is 0. The number of carbonyl (C=O) groups excluding carboxylic acids is 1. The van der Waals surface area contributed by atoms with E-state index >= 15 is 0 Å². The van der Waals surface area contributed by atoms with Crippen LogP contribution in [0.3, 0.4) is 0 Å². The molecular weight excluding hydrogens is 258 g/mol. The lowest BCUT2D eigenvalue weighted by Crippen LogP contribution is -2.49. The Balaban J connectivity index is 2.57. The molecule has 0 aliphatic carbocycles. The maximum absolute atomic E-state index is 11.7. The standard InChI is InChI=1S/C15H23NO4/c1-4-19-14(18)15(3,16)9-11(2)20-13-7-5-12(10-17)6-8-13/h5-8,11,17H,4,9-10,16H2,1-3H3. The van der Waals surface area contributed by atoms with E-state index in [1.807, 2.05) is 6.92 Å². The molecule has 5 heteroatoms. The number of nitrogens with two attached hydrogens (primary N) is 1. The van der Waals surface area contributed by atoms with Gasteiger partial charge in [0.25, 0.3) is 0 Å². The number of ether oxygens (including phenoxy) is 2. The van der Waals surface area contributed by atoms with Gasteiger partial charge in [-0.3, -0.25) is 4.79 Å². The van der Waals surface area contributed by atoms with Gasteiger partial charge >= 0.3 is 5.97 Å². The highest BCUT2D eigenvalue weighted by Gasteiger charge is 2.32. The van der Waals surface area contributed by atoms with Crippen LogP contribution in [-0.2, 0) is 16.1 Å². The summed E-state index contributed by atoms with van der Waals surface area (Å²) in [5, 5.41) is 8.97. The van der Waals surface area contributed by atoms with E-state index in [1.165, 1.54) is 0 Å². The molecule has 0 aromatic heterocycles. The Bertz CT molecular complexity index is 428. The monoisotopic (exact) mass is 281 g/mol. The summed E-state index contributed by atoms with van der Waals surface area (Å²) >= 11 is 0. The molecule has 20 heavy (non-hydrogen) atoms. The minimum Gasteiger partial charge on any atom is -0.491 e. The summed E-state index contributed by atoms with van der Waals surface area (Å²) in [6, 6.07) is 7.13. The van der Waals surface area contributed by atoms with Crippen LogP contribution in [0.4, 0.5) is 0 Å². The fraction of sp³-hybridized carbons (Fsp3) is 0.533. The Labute approximate surface area is 119 Å². The van der Waals surface area contributed by atoms with Crippen LogP contribution in [0.1, 0.15) is 32.8 Å². The van der Waals surface area contributed by atoms with Crippen molar-refractivity contribution in [2.75, 3.05) is 6.61 Å². The first-order valence-corrected chi connectivity index (χ1v) is 6.71. The van der Waals surface area contributed by atoms with E-state index in [0.29, 0.717) is 18.8 Å². The molecule has 0 saturated carbocycles. The highest BCUT2D eigenvalue weighted by Crippen LogP contribution is 2.18. The molecule has 0 radical (unpaired) electrons. The van der Waals surface area contributed by atoms with Crippen molar-refractivity contribution in [2.45, 2.75) is 45.4 Å². The van der Waals surface area contributed by atoms with E-state index < -0.39 is 11.5 Å². The maximum Gasteiger partial charge on any atom is 0.325 e. The van der Waals surface area contributed by atoms with Crippen molar-refractivity contribution in [3.63, 3.8) is 0 Å². The van der Waals surface area contributed by atoms with Crippen molar-refractivity contribution in [1.82, 2.24) is 0 Å². The van der Waals surface area contributed by atoms with Crippen LogP contribution in [0.2, 0.25) is 0 Å². The molecule has 3 N–H and O–H groups in total. The molecule has 0 aliphatic heterocycles. The number of aliphatic hydroxyl groups excluding tert-OH is 1. The summed E-state index contributed by atoms with van der Waals surface area (Å²) in [6.45, 7) is 5.55. The highest BCUT2D eigenvalue weighted by atomic mass is 16.5. The quantitative estimate of drug-likeness (QED) is 0.742. The molecule has 2 unspecified atom stereocenters. The molecule has 5 nitrogen and oxygen atoms in total. The number of carbonyl (C=O) groups is 1. The zero-order chi connectivity index (χ0) is 15.2. The Morgan fingerprint density at radius 1 is 1.40 bits per heavy atom. The second kappa shape index (κ2) is 7.26. The lowest BCUT2D eigenvalue weighted by atomic mass is 9.96. The van der Waals surface area contributed by atoms with Gasteiger partial charge in [-0.2, -0.15) is 0 Å².